The molecule has 0 saturated carbocycles. The van der Waals surface area contributed by atoms with Crippen LogP contribution in [-0.4, -0.2) is 40.5 Å². The third kappa shape index (κ3) is 3.59. The van der Waals surface area contributed by atoms with Crippen LogP contribution in [0.3, 0.4) is 0 Å². The van der Waals surface area contributed by atoms with Crippen molar-refractivity contribution >= 4 is 22.9 Å². The highest BCUT2D eigenvalue weighted by atomic mass is 16.1. The number of benzene rings is 1. The van der Waals surface area contributed by atoms with Crippen molar-refractivity contribution in [2.24, 2.45) is 0 Å². The lowest BCUT2D eigenvalue weighted by molar-refractivity contribution is -0.116. The van der Waals surface area contributed by atoms with Gasteiger partial charge in [0, 0.05) is 26.1 Å². The predicted molar refractivity (Wildman–Crippen MR) is 82.9 cm³/mol. The van der Waals surface area contributed by atoms with E-state index in [4.69, 9.17) is 0 Å². The maximum atomic E-state index is 11.9. The Balaban J connectivity index is 1.51. The van der Waals surface area contributed by atoms with E-state index < -0.39 is 0 Å². The van der Waals surface area contributed by atoms with Gasteiger partial charge >= 0.3 is 0 Å². The summed E-state index contributed by atoms with van der Waals surface area (Å²) in [4.78, 5) is 19.4. The minimum atomic E-state index is -0.0301. The molecule has 1 aromatic heterocycles. The largest absolute Gasteiger partial charge is 0.324 e. The van der Waals surface area contributed by atoms with Gasteiger partial charge in [0.2, 0.25) is 11.9 Å². The van der Waals surface area contributed by atoms with Crippen LogP contribution in [0.2, 0.25) is 0 Å². The Bertz CT molecular complexity index is 630. The van der Waals surface area contributed by atoms with Crippen LogP contribution < -0.4 is 10.7 Å². The smallest absolute Gasteiger partial charge is 0.228 e. The lowest BCUT2D eigenvalue weighted by atomic mass is 10.2. The molecule has 21 heavy (non-hydrogen) atoms. The van der Waals surface area contributed by atoms with Crippen LogP contribution in [0.25, 0.3) is 11.0 Å². The van der Waals surface area contributed by atoms with Gasteiger partial charge in [-0.2, -0.15) is 0 Å². The molecule has 1 aromatic carbocycles. The molecule has 6 heteroatoms. The van der Waals surface area contributed by atoms with Crippen molar-refractivity contribution in [3.05, 3.63) is 23.8 Å². The summed E-state index contributed by atoms with van der Waals surface area (Å²) in [5.74, 6) is 0.485. The first-order valence-corrected chi connectivity index (χ1v) is 7.45. The summed E-state index contributed by atoms with van der Waals surface area (Å²) >= 11 is 0. The van der Waals surface area contributed by atoms with Crippen molar-refractivity contribution in [3.8, 4) is 0 Å². The Morgan fingerprint density at radius 3 is 3.00 bits per heavy atom. The molecule has 0 radical (unpaired) electrons. The lowest BCUT2D eigenvalue weighted by Gasteiger charge is -2.15. The summed E-state index contributed by atoms with van der Waals surface area (Å²) in [7, 11) is 0. The topological polar surface area (TPSA) is 73.1 Å². The number of hydrogen-bond acceptors (Lipinski definition) is 4. The van der Waals surface area contributed by atoms with Gasteiger partial charge in [-0.05, 0) is 37.5 Å². The van der Waals surface area contributed by atoms with Crippen LogP contribution in [0.15, 0.2) is 18.2 Å². The normalized spacial score (nSPS) is 15.7. The number of anilines is 1. The molecule has 3 rings (SSSR count). The number of hydrogen-bond donors (Lipinski definition) is 3. The Labute approximate surface area is 123 Å². The van der Waals surface area contributed by atoms with E-state index >= 15 is 0 Å². The maximum absolute atomic E-state index is 11.9. The Kier molecular flexibility index (Phi) is 4.17. The molecule has 0 unspecified atom stereocenters. The van der Waals surface area contributed by atoms with Crippen molar-refractivity contribution in [1.29, 1.82) is 0 Å². The van der Waals surface area contributed by atoms with E-state index in [0.717, 1.165) is 24.1 Å². The molecule has 1 saturated heterocycles. The number of hydrazine groups is 1. The van der Waals surface area contributed by atoms with Gasteiger partial charge in [-0.3, -0.25) is 15.5 Å². The van der Waals surface area contributed by atoms with Gasteiger partial charge < -0.3 is 4.98 Å². The number of amides is 1. The van der Waals surface area contributed by atoms with Gasteiger partial charge in [-0.1, -0.05) is 6.07 Å². The Hall–Kier alpha value is -1.92. The summed E-state index contributed by atoms with van der Waals surface area (Å²) in [6.07, 6.45) is 2.90. The fourth-order valence-electron chi connectivity index (χ4n) is 2.58. The number of nitrogens with one attached hydrogen (secondary N) is 3. The fourth-order valence-corrected chi connectivity index (χ4v) is 2.58. The highest BCUT2D eigenvalue weighted by Gasteiger charge is 2.11. The minimum absolute atomic E-state index is 0.0301. The molecule has 2 heterocycles. The predicted octanol–water partition coefficient (Wildman–Crippen LogP) is 1.80. The SMILES string of the molecule is Cc1ccc2nc(NC(=O)CCNN3CCCC3)[nH]c2c1. The molecule has 1 fully saturated rings. The molecule has 2 aromatic rings. The van der Waals surface area contributed by atoms with Gasteiger partial charge in [0.1, 0.15) is 0 Å². The highest BCUT2D eigenvalue weighted by molar-refractivity contribution is 5.91. The third-order valence-corrected chi connectivity index (χ3v) is 3.69. The van der Waals surface area contributed by atoms with E-state index in [1.807, 2.05) is 25.1 Å². The van der Waals surface area contributed by atoms with Crippen molar-refractivity contribution in [2.75, 3.05) is 25.0 Å². The summed E-state index contributed by atoms with van der Waals surface area (Å²) in [5.41, 5.74) is 6.25. The first kappa shape index (κ1) is 14.0. The summed E-state index contributed by atoms with van der Waals surface area (Å²) in [6, 6.07) is 5.98. The second kappa shape index (κ2) is 6.24. The summed E-state index contributed by atoms with van der Waals surface area (Å²) < 4.78 is 0. The molecule has 0 atom stereocenters. The van der Waals surface area contributed by atoms with Crippen LogP contribution in [0.5, 0.6) is 0 Å². The molecule has 3 N–H and O–H groups in total. The second-order valence-electron chi connectivity index (χ2n) is 5.51. The zero-order valence-corrected chi connectivity index (χ0v) is 12.3. The molecule has 0 bridgehead atoms. The van der Waals surface area contributed by atoms with Crippen molar-refractivity contribution < 1.29 is 4.79 Å². The fraction of sp³-hybridized carbons (Fsp3) is 0.467. The van der Waals surface area contributed by atoms with Gasteiger partial charge in [-0.25, -0.2) is 9.99 Å². The number of nitrogens with zero attached hydrogens (tertiary/aromatic N) is 2. The average Bonchev–Trinajstić information content (AvgIpc) is 3.07. The number of imidazole rings is 1. The van der Waals surface area contributed by atoms with E-state index in [1.54, 1.807) is 0 Å². The first-order chi connectivity index (χ1) is 10.2. The zero-order valence-electron chi connectivity index (χ0n) is 12.3. The molecular formula is C15H21N5O. The number of carbonyl (C=O) groups is 1. The van der Waals surface area contributed by atoms with E-state index in [9.17, 15) is 4.79 Å². The van der Waals surface area contributed by atoms with E-state index in [-0.39, 0.29) is 5.91 Å². The number of aryl methyl sites for hydroxylation is 1. The summed E-state index contributed by atoms with van der Waals surface area (Å²) in [5, 5.41) is 4.99. The standard InChI is InChI=1S/C15H21N5O/c1-11-4-5-12-13(10-11)18-15(17-12)19-14(21)6-7-16-20-8-2-3-9-20/h4-5,10,16H,2-3,6-9H2,1H3,(H2,17,18,19,21). The highest BCUT2D eigenvalue weighted by Crippen LogP contribution is 2.15. The monoisotopic (exact) mass is 287 g/mol. The van der Waals surface area contributed by atoms with Crippen LogP contribution in [0, 0.1) is 6.92 Å². The van der Waals surface area contributed by atoms with E-state index in [0.29, 0.717) is 18.9 Å². The molecule has 6 nitrogen and oxygen atoms in total. The lowest BCUT2D eigenvalue weighted by Crippen LogP contribution is -2.37. The van der Waals surface area contributed by atoms with Gasteiger partial charge in [0.25, 0.3) is 0 Å². The number of H-pyrrole nitrogens is 1. The van der Waals surface area contributed by atoms with Crippen molar-refractivity contribution in [2.45, 2.75) is 26.2 Å². The zero-order chi connectivity index (χ0) is 14.7. The quantitative estimate of drug-likeness (QED) is 0.784. The van der Waals surface area contributed by atoms with Crippen LogP contribution in [0.1, 0.15) is 24.8 Å². The molecule has 1 aliphatic heterocycles. The molecule has 0 spiro atoms. The molecule has 1 aliphatic rings. The number of rotatable bonds is 5. The maximum Gasteiger partial charge on any atom is 0.228 e. The average molecular weight is 287 g/mol. The molecular weight excluding hydrogens is 266 g/mol. The Morgan fingerprint density at radius 2 is 2.19 bits per heavy atom. The van der Waals surface area contributed by atoms with Gasteiger partial charge in [0.05, 0.1) is 11.0 Å². The van der Waals surface area contributed by atoms with E-state index in [2.05, 4.69) is 25.7 Å². The van der Waals surface area contributed by atoms with Crippen molar-refractivity contribution in [1.82, 2.24) is 20.4 Å². The number of aromatic amines is 1. The second-order valence-corrected chi connectivity index (χ2v) is 5.51. The van der Waals surface area contributed by atoms with Crippen molar-refractivity contribution in [3.63, 3.8) is 0 Å². The third-order valence-electron chi connectivity index (χ3n) is 3.69. The molecule has 1 amide bonds. The van der Waals surface area contributed by atoms with Crippen LogP contribution in [0.4, 0.5) is 5.95 Å². The molecule has 112 valence electrons. The Morgan fingerprint density at radius 1 is 1.38 bits per heavy atom. The minimum Gasteiger partial charge on any atom is -0.324 e. The van der Waals surface area contributed by atoms with Crippen LogP contribution >= 0.6 is 0 Å². The number of carbonyl (C=O) groups excluding carboxylic acids is 1. The first-order valence-electron chi connectivity index (χ1n) is 7.45. The molecule has 0 aliphatic carbocycles. The van der Waals surface area contributed by atoms with Crippen LogP contribution in [-0.2, 0) is 4.79 Å². The van der Waals surface area contributed by atoms with Gasteiger partial charge in [0.15, 0.2) is 0 Å². The van der Waals surface area contributed by atoms with E-state index in [1.165, 1.54) is 18.4 Å². The number of aromatic nitrogens is 2. The number of fused-ring (bicyclic) bond motifs is 1. The van der Waals surface area contributed by atoms with Gasteiger partial charge in [-0.15, -0.1) is 0 Å². The summed E-state index contributed by atoms with van der Waals surface area (Å²) in [6.45, 7) is 4.84.